The summed E-state index contributed by atoms with van der Waals surface area (Å²) in [4.78, 5) is 0. The van der Waals surface area contributed by atoms with Gasteiger partial charge in [0.1, 0.15) is 11.8 Å². The smallest absolute Gasteiger partial charge is 0.123 e. The first kappa shape index (κ1) is 14.6. The highest BCUT2D eigenvalue weighted by Gasteiger charge is 2.16. The first-order valence-corrected chi connectivity index (χ1v) is 7.35. The Morgan fingerprint density at radius 1 is 0.696 bits per heavy atom. The lowest BCUT2D eigenvalue weighted by molar-refractivity contribution is 0.473. The number of hydrogen-bond donors (Lipinski definition) is 1. The molecule has 2 heteroatoms. The number of phenolic OH excluding ortho intramolecular Hbond substituents is 1. The Labute approximate surface area is 135 Å². The first-order valence-electron chi connectivity index (χ1n) is 7.35. The number of hydrogen-bond acceptors (Lipinski definition) is 2. The van der Waals surface area contributed by atoms with Crippen molar-refractivity contribution in [2.45, 2.75) is 0 Å². The third-order valence-electron chi connectivity index (χ3n) is 3.66. The Hall–Kier alpha value is -3.31. The molecule has 0 saturated carbocycles. The summed E-state index contributed by atoms with van der Waals surface area (Å²) >= 11 is 0. The van der Waals surface area contributed by atoms with Crippen LogP contribution in [0.15, 0.2) is 84.9 Å². The average molecular weight is 297 g/mol. The molecule has 3 aromatic rings. The fourth-order valence-electron chi connectivity index (χ4n) is 2.59. The summed E-state index contributed by atoms with van der Waals surface area (Å²) < 4.78 is 0. The van der Waals surface area contributed by atoms with E-state index in [1.165, 1.54) is 0 Å². The van der Waals surface area contributed by atoms with Crippen molar-refractivity contribution >= 4 is 11.1 Å². The zero-order chi connectivity index (χ0) is 16.1. The summed E-state index contributed by atoms with van der Waals surface area (Å²) in [5.74, 6) is 0.162. The summed E-state index contributed by atoms with van der Waals surface area (Å²) in [5.41, 5.74) is 3.65. The van der Waals surface area contributed by atoms with Gasteiger partial charge < -0.3 is 5.11 Å². The van der Waals surface area contributed by atoms with Gasteiger partial charge in [-0.2, -0.15) is 5.26 Å². The van der Waals surface area contributed by atoms with E-state index in [4.69, 9.17) is 0 Å². The average Bonchev–Trinajstić information content (AvgIpc) is 2.62. The van der Waals surface area contributed by atoms with Crippen LogP contribution in [0.3, 0.4) is 0 Å². The third-order valence-corrected chi connectivity index (χ3v) is 3.66. The Balaban J connectivity index is 2.35. The van der Waals surface area contributed by atoms with Gasteiger partial charge in [0.15, 0.2) is 0 Å². The third kappa shape index (κ3) is 3.00. The Morgan fingerprint density at radius 2 is 1.22 bits per heavy atom. The lowest BCUT2D eigenvalue weighted by Crippen LogP contribution is -1.94. The predicted octanol–water partition coefficient (Wildman–Crippen LogP) is 4.87. The SMILES string of the molecule is N#CC(=C(c1ccccc1)c1ccccc1O)c1ccccc1. The molecule has 110 valence electrons. The Morgan fingerprint density at radius 3 is 1.78 bits per heavy atom. The number of allylic oxidation sites excluding steroid dienone is 1. The number of nitrogens with zero attached hydrogens (tertiary/aromatic N) is 1. The molecule has 0 aliphatic carbocycles. The van der Waals surface area contributed by atoms with Gasteiger partial charge in [-0.25, -0.2) is 0 Å². The first-order chi connectivity index (χ1) is 11.3. The quantitative estimate of drug-likeness (QED) is 0.553. The second-order valence-electron chi connectivity index (χ2n) is 5.11. The van der Waals surface area contributed by atoms with Crippen LogP contribution in [0, 0.1) is 11.3 Å². The van der Waals surface area contributed by atoms with Gasteiger partial charge in [0.2, 0.25) is 0 Å². The molecule has 0 atom stereocenters. The molecule has 0 aliphatic rings. The second-order valence-corrected chi connectivity index (χ2v) is 5.11. The van der Waals surface area contributed by atoms with Crippen molar-refractivity contribution in [1.29, 1.82) is 5.26 Å². The molecule has 23 heavy (non-hydrogen) atoms. The van der Waals surface area contributed by atoms with Gasteiger partial charge in [0, 0.05) is 11.1 Å². The van der Waals surface area contributed by atoms with Crippen molar-refractivity contribution in [3.05, 3.63) is 102 Å². The van der Waals surface area contributed by atoms with Crippen LogP contribution >= 0.6 is 0 Å². The minimum absolute atomic E-state index is 0.162. The van der Waals surface area contributed by atoms with Crippen LogP contribution in [-0.4, -0.2) is 5.11 Å². The number of aromatic hydroxyl groups is 1. The molecule has 0 aliphatic heterocycles. The molecule has 0 heterocycles. The van der Waals surface area contributed by atoms with Crippen LogP contribution in [0.2, 0.25) is 0 Å². The van der Waals surface area contributed by atoms with Crippen molar-refractivity contribution in [3.63, 3.8) is 0 Å². The maximum atomic E-state index is 10.3. The highest BCUT2D eigenvalue weighted by atomic mass is 16.3. The summed E-state index contributed by atoms with van der Waals surface area (Å²) in [6.45, 7) is 0. The molecular formula is C21H15NO. The summed E-state index contributed by atoms with van der Waals surface area (Å²) in [6.07, 6.45) is 0. The molecule has 0 unspecified atom stereocenters. The number of phenols is 1. The highest BCUT2D eigenvalue weighted by molar-refractivity contribution is 6.04. The van der Waals surface area contributed by atoms with E-state index in [1.54, 1.807) is 12.1 Å². The fraction of sp³-hybridized carbons (Fsp3) is 0. The van der Waals surface area contributed by atoms with Crippen LogP contribution in [0.25, 0.3) is 11.1 Å². The lowest BCUT2D eigenvalue weighted by atomic mass is 9.89. The lowest BCUT2D eigenvalue weighted by Gasteiger charge is -2.13. The van der Waals surface area contributed by atoms with Crippen molar-refractivity contribution in [2.24, 2.45) is 0 Å². The van der Waals surface area contributed by atoms with E-state index in [0.717, 1.165) is 16.7 Å². The van der Waals surface area contributed by atoms with Crippen molar-refractivity contribution < 1.29 is 5.11 Å². The molecule has 2 nitrogen and oxygen atoms in total. The van der Waals surface area contributed by atoms with Gasteiger partial charge in [0.25, 0.3) is 0 Å². The maximum Gasteiger partial charge on any atom is 0.123 e. The number of rotatable bonds is 3. The van der Waals surface area contributed by atoms with E-state index >= 15 is 0 Å². The van der Waals surface area contributed by atoms with Gasteiger partial charge in [-0.1, -0.05) is 78.9 Å². The van der Waals surface area contributed by atoms with Gasteiger partial charge in [-0.05, 0) is 17.2 Å². The van der Waals surface area contributed by atoms with Gasteiger partial charge in [0.05, 0.1) is 5.57 Å². The zero-order valence-corrected chi connectivity index (χ0v) is 12.5. The molecule has 0 aromatic heterocycles. The molecule has 0 radical (unpaired) electrons. The zero-order valence-electron chi connectivity index (χ0n) is 12.5. The predicted molar refractivity (Wildman–Crippen MR) is 92.5 cm³/mol. The number of benzene rings is 3. The largest absolute Gasteiger partial charge is 0.507 e. The summed E-state index contributed by atoms with van der Waals surface area (Å²) in [5, 5.41) is 20.1. The van der Waals surface area contributed by atoms with E-state index < -0.39 is 0 Å². The van der Waals surface area contributed by atoms with Crippen LogP contribution in [0.5, 0.6) is 5.75 Å². The molecular weight excluding hydrogens is 282 g/mol. The number of nitriles is 1. The standard InChI is InChI=1S/C21H15NO/c22-15-19(16-9-3-1-4-10-16)21(17-11-5-2-6-12-17)18-13-7-8-14-20(18)23/h1-14,23H. The molecule has 1 N–H and O–H groups in total. The van der Waals surface area contributed by atoms with E-state index in [-0.39, 0.29) is 5.75 Å². The molecule has 0 bridgehead atoms. The minimum atomic E-state index is 0.162. The number of para-hydroxylation sites is 1. The minimum Gasteiger partial charge on any atom is -0.507 e. The van der Waals surface area contributed by atoms with Gasteiger partial charge in [-0.3, -0.25) is 0 Å². The van der Waals surface area contributed by atoms with E-state index in [0.29, 0.717) is 11.1 Å². The van der Waals surface area contributed by atoms with Crippen LogP contribution < -0.4 is 0 Å². The topological polar surface area (TPSA) is 44.0 Å². The summed E-state index contributed by atoms with van der Waals surface area (Å²) in [6, 6.07) is 28.6. The van der Waals surface area contributed by atoms with Crippen LogP contribution in [-0.2, 0) is 0 Å². The van der Waals surface area contributed by atoms with Gasteiger partial charge >= 0.3 is 0 Å². The monoisotopic (exact) mass is 297 g/mol. The molecule has 3 rings (SSSR count). The van der Waals surface area contributed by atoms with Crippen LogP contribution in [0.1, 0.15) is 16.7 Å². The van der Waals surface area contributed by atoms with E-state index in [1.807, 2.05) is 72.8 Å². The van der Waals surface area contributed by atoms with Crippen LogP contribution in [0.4, 0.5) is 0 Å². The van der Waals surface area contributed by atoms with Crippen molar-refractivity contribution in [2.75, 3.05) is 0 Å². The van der Waals surface area contributed by atoms with Gasteiger partial charge in [-0.15, -0.1) is 0 Å². The van der Waals surface area contributed by atoms with Crippen molar-refractivity contribution in [3.8, 4) is 11.8 Å². The van der Waals surface area contributed by atoms with E-state index in [2.05, 4.69) is 6.07 Å². The second kappa shape index (κ2) is 6.64. The maximum absolute atomic E-state index is 10.3. The summed E-state index contributed by atoms with van der Waals surface area (Å²) in [7, 11) is 0. The molecule has 0 amide bonds. The molecule has 0 saturated heterocycles. The highest BCUT2D eigenvalue weighted by Crippen LogP contribution is 2.36. The van der Waals surface area contributed by atoms with E-state index in [9.17, 15) is 10.4 Å². The Kier molecular flexibility index (Phi) is 4.22. The Bertz CT molecular complexity index is 874. The normalized spacial score (nSPS) is 11.4. The molecule has 0 fully saturated rings. The fourth-order valence-corrected chi connectivity index (χ4v) is 2.59. The molecule has 3 aromatic carbocycles. The molecule has 0 spiro atoms. The van der Waals surface area contributed by atoms with Crippen molar-refractivity contribution in [1.82, 2.24) is 0 Å².